The Morgan fingerprint density at radius 1 is 1.00 bits per heavy atom. The number of aliphatic hydroxyl groups is 1. The maximum Gasteiger partial charge on any atom is 0.324 e. The van der Waals surface area contributed by atoms with Gasteiger partial charge in [0.2, 0.25) is 0 Å². The van der Waals surface area contributed by atoms with Crippen LogP contribution in [0.4, 0.5) is 10.5 Å². The van der Waals surface area contributed by atoms with Gasteiger partial charge in [-0.1, -0.05) is 24.3 Å². The molecule has 0 bridgehead atoms. The molecule has 0 spiro atoms. The van der Waals surface area contributed by atoms with E-state index in [1.54, 1.807) is 34.1 Å². The molecular formula is C22H24N4O2. The van der Waals surface area contributed by atoms with Crippen molar-refractivity contribution in [2.45, 2.75) is 19.1 Å². The second-order valence-corrected chi connectivity index (χ2v) is 7.45. The van der Waals surface area contributed by atoms with E-state index in [0.29, 0.717) is 31.7 Å². The van der Waals surface area contributed by atoms with Gasteiger partial charge in [-0.05, 0) is 41.8 Å². The number of nitrogens with zero attached hydrogens (tertiary/aromatic N) is 4. The molecule has 2 heterocycles. The number of urea groups is 1. The molecule has 0 radical (unpaired) electrons. The van der Waals surface area contributed by atoms with Gasteiger partial charge < -0.3 is 10.0 Å². The Balaban J connectivity index is 1.32. The number of fused-ring (bicyclic) bond motifs is 1. The number of carbonyl (C=O) groups is 1. The van der Waals surface area contributed by atoms with Crippen LogP contribution in [-0.2, 0) is 13.0 Å². The molecule has 1 atom stereocenters. The van der Waals surface area contributed by atoms with E-state index in [9.17, 15) is 9.90 Å². The Bertz CT molecular complexity index is 890. The smallest absolute Gasteiger partial charge is 0.324 e. The molecule has 2 aliphatic heterocycles. The molecule has 2 aromatic rings. The number of rotatable bonds is 5. The molecule has 2 amide bonds. The van der Waals surface area contributed by atoms with Gasteiger partial charge in [0.25, 0.3) is 0 Å². The number of benzene rings is 2. The quantitative estimate of drug-likeness (QED) is 0.869. The van der Waals surface area contributed by atoms with E-state index in [0.717, 1.165) is 25.2 Å². The first-order valence-electron chi connectivity index (χ1n) is 9.68. The van der Waals surface area contributed by atoms with Gasteiger partial charge in [-0.3, -0.25) is 9.80 Å². The first kappa shape index (κ1) is 18.5. The number of hydrogen-bond donors (Lipinski definition) is 1. The van der Waals surface area contributed by atoms with Crippen LogP contribution in [0.3, 0.4) is 0 Å². The molecule has 1 fully saturated rings. The lowest BCUT2D eigenvalue weighted by atomic mass is 10.00. The molecule has 6 nitrogen and oxygen atoms in total. The maximum absolute atomic E-state index is 12.7. The third-order valence-electron chi connectivity index (χ3n) is 5.51. The molecule has 1 N–H and O–H groups in total. The Kier molecular flexibility index (Phi) is 5.29. The average molecular weight is 376 g/mol. The van der Waals surface area contributed by atoms with Crippen molar-refractivity contribution in [2.75, 3.05) is 37.6 Å². The van der Waals surface area contributed by atoms with Gasteiger partial charge in [0.15, 0.2) is 0 Å². The number of nitriles is 1. The summed E-state index contributed by atoms with van der Waals surface area (Å²) in [5, 5.41) is 19.5. The van der Waals surface area contributed by atoms with Crippen molar-refractivity contribution in [1.29, 1.82) is 5.26 Å². The highest BCUT2D eigenvalue weighted by Gasteiger charge is 2.31. The molecule has 0 saturated carbocycles. The van der Waals surface area contributed by atoms with Gasteiger partial charge in [-0.2, -0.15) is 5.26 Å². The summed E-state index contributed by atoms with van der Waals surface area (Å²) in [5.41, 5.74) is 4.07. The number of β-amino-alcohol motifs (C(OH)–C–C–N with tert-alkyl or cyclic N) is 1. The zero-order chi connectivity index (χ0) is 19.5. The zero-order valence-electron chi connectivity index (χ0n) is 15.8. The summed E-state index contributed by atoms with van der Waals surface area (Å²) < 4.78 is 0. The van der Waals surface area contributed by atoms with Gasteiger partial charge >= 0.3 is 6.03 Å². The SMILES string of the molecule is N#Cc1ccc(N2CCN(CC(O)CN3CCc4ccccc4C3)C2=O)cc1. The predicted octanol–water partition coefficient (Wildman–Crippen LogP) is 2.22. The Morgan fingerprint density at radius 3 is 2.50 bits per heavy atom. The van der Waals surface area contributed by atoms with Gasteiger partial charge in [-0.25, -0.2) is 4.79 Å². The van der Waals surface area contributed by atoms with Crippen molar-refractivity contribution in [3.8, 4) is 6.07 Å². The molecule has 1 saturated heterocycles. The summed E-state index contributed by atoms with van der Waals surface area (Å²) in [5.74, 6) is 0. The fourth-order valence-corrected chi connectivity index (χ4v) is 4.03. The highest BCUT2D eigenvalue weighted by atomic mass is 16.3. The Labute approximate surface area is 165 Å². The summed E-state index contributed by atoms with van der Waals surface area (Å²) in [4.78, 5) is 18.4. The molecule has 6 heteroatoms. The maximum atomic E-state index is 12.7. The number of anilines is 1. The van der Waals surface area contributed by atoms with E-state index in [2.05, 4.69) is 35.2 Å². The van der Waals surface area contributed by atoms with Crippen molar-refractivity contribution in [1.82, 2.24) is 9.80 Å². The van der Waals surface area contributed by atoms with Gasteiger partial charge in [-0.15, -0.1) is 0 Å². The summed E-state index contributed by atoms with van der Waals surface area (Å²) in [6.45, 7) is 3.87. The van der Waals surface area contributed by atoms with Crippen LogP contribution >= 0.6 is 0 Å². The topological polar surface area (TPSA) is 70.8 Å². The summed E-state index contributed by atoms with van der Waals surface area (Å²) in [6, 6.07) is 17.5. The minimum atomic E-state index is -0.574. The highest BCUT2D eigenvalue weighted by Crippen LogP contribution is 2.22. The van der Waals surface area contributed by atoms with Gasteiger partial charge in [0.1, 0.15) is 0 Å². The lowest BCUT2D eigenvalue weighted by Gasteiger charge is -2.31. The monoisotopic (exact) mass is 376 g/mol. The highest BCUT2D eigenvalue weighted by molar-refractivity contribution is 5.94. The summed E-state index contributed by atoms with van der Waals surface area (Å²) in [7, 11) is 0. The molecule has 1 unspecified atom stereocenters. The Hall–Kier alpha value is -2.88. The first-order chi connectivity index (χ1) is 13.6. The molecule has 144 valence electrons. The minimum Gasteiger partial charge on any atom is -0.390 e. The standard InChI is InChI=1S/C22H24N4O2/c23-13-17-5-7-20(8-6-17)26-12-11-25(22(26)28)16-21(27)15-24-10-9-18-3-1-2-4-19(18)14-24/h1-8,21,27H,9-12,14-16H2. The average Bonchev–Trinajstić information content (AvgIpc) is 3.08. The van der Waals surface area contributed by atoms with E-state index in [4.69, 9.17) is 5.26 Å². The van der Waals surface area contributed by atoms with Crippen molar-refractivity contribution in [2.24, 2.45) is 0 Å². The molecule has 2 aromatic carbocycles. The second kappa shape index (κ2) is 8.01. The Morgan fingerprint density at radius 2 is 1.75 bits per heavy atom. The van der Waals surface area contributed by atoms with Crippen LogP contribution in [0, 0.1) is 11.3 Å². The van der Waals surface area contributed by atoms with Crippen molar-refractivity contribution >= 4 is 11.7 Å². The van der Waals surface area contributed by atoms with Crippen LogP contribution < -0.4 is 4.90 Å². The van der Waals surface area contributed by atoms with Crippen molar-refractivity contribution in [3.05, 3.63) is 65.2 Å². The first-order valence-corrected chi connectivity index (χ1v) is 9.68. The normalized spacial score (nSPS) is 18.1. The van der Waals surface area contributed by atoms with Crippen LogP contribution in [0.15, 0.2) is 48.5 Å². The van der Waals surface area contributed by atoms with Gasteiger partial charge in [0.05, 0.1) is 17.7 Å². The minimum absolute atomic E-state index is 0.0900. The predicted molar refractivity (Wildman–Crippen MR) is 107 cm³/mol. The van der Waals surface area contributed by atoms with E-state index in [1.165, 1.54) is 11.1 Å². The number of amides is 2. The van der Waals surface area contributed by atoms with E-state index >= 15 is 0 Å². The molecule has 0 aromatic heterocycles. The fraction of sp³-hybridized carbons (Fsp3) is 0.364. The third kappa shape index (κ3) is 3.86. The lowest BCUT2D eigenvalue weighted by molar-refractivity contribution is 0.0828. The van der Waals surface area contributed by atoms with E-state index in [1.807, 2.05) is 0 Å². The van der Waals surface area contributed by atoms with Crippen LogP contribution in [0.25, 0.3) is 0 Å². The van der Waals surface area contributed by atoms with Crippen LogP contribution in [0.5, 0.6) is 0 Å². The van der Waals surface area contributed by atoms with E-state index in [-0.39, 0.29) is 6.03 Å². The molecule has 0 aliphatic carbocycles. The lowest BCUT2D eigenvalue weighted by Crippen LogP contribution is -2.43. The van der Waals surface area contributed by atoms with Crippen LogP contribution in [-0.4, -0.2) is 59.8 Å². The molecule has 28 heavy (non-hydrogen) atoms. The molecule has 4 rings (SSSR count). The molecule has 2 aliphatic rings. The number of carbonyl (C=O) groups excluding carboxylic acids is 1. The second-order valence-electron chi connectivity index (χ2n) is 7.45. The van der Waals surface area contributed by atoms with E-state index < -0.39 is 6.10 Å². The number of aliphatic hydroxyl groups excluding tert-OH is 1. The van der Waals surface area contributed by atoms with Crippen LogP contribution in [0.2, 0.25) is 0 Å². The largest absolute Gasteiger partial charge is 0.390 e. The van der Waals surface area contributed by atoms with Gasteiger partial charge in [0, 0.05) is 45.0 Å². The van der Waals surface area contributed by atoms with Crippen molar-refractivity contribution in [3.63, 3.8) is 0 Å². The fourth-order valence-electron chi connectivity index (χ4n) is 4.03. The summed E-state index contributed by atoms with van der Waals surface area (Å²) >= 11 is 0. The van der Waals surface area contributed by atoms with Crippen LogP contribution in [0.1, 0.15) is 16.7 Å². The zero-order valence-corrected chi connectivity index (χ0v) is 15.8. The number of hydrogen-bond acceptors (Lipinski definition) is 4. The van der Waals surface area contributed by atoms with Crippen molar-refractivity contribution < 1.29 is 9.90 Å². The third-order valence-corrected chi connectivity index (χ3v) is 5.51. The molecular weight excluding hydrogens is 352 g/mol. The summed E-state index contributed by atoms with van der Waals surface area (Å²) in [6.07, 6.45) is 0.424.